The Bertz CT molecular complexity index is 818. The molecular formula is C25H33N3O2. The number of hydrogen-bond acceptors (Lipinski definition) is 4. The van der Waals surface area contributed by atoms with E-state index < -0.39 is 0 Å². The molecule has 0 N–H and O–H groups in total. The van der Waals surface area contributed by atoms with Gasteiger partial charge in [0, 0.05) is 39.3 Å². The summed E-state index contributed by atoms with van der Waals surface area (Å²) in [6.45, 7) is 6.00. The molecule has 0 spiro atoms. The highest BCUT2D eigenvalue weighted by Crippen LogP contribution is 2.28. The number of anilines is 1. The molecule has 5 nitrogen and oxygen atoms in total. The number of piperidine rings is 1. The van der Waals surface area contributed by atoms with Gasteiger partial charge < -0.3 is 14.5 Å². The van der Waals surface area contributed by atoms with Gasteiger partial charge in [-0.25, -0.2) is 0 Å². The number of rotatable bonds is 6. The minimum Gasteiger partial charge on any atom is -0.495 e. The molecule has 2 heterocycles. The van der Waals surface area contributed by atoms with Crippen molar-refractivity contribution in [2.75, 3.05) is 57.8 Å². The van der Waals surface area contributed by atoms with E-state index in [-0.39, 0.29) is 0 Å². The zero-order valence-electron chi connectivity index (χ0n) is 18.0. The van der Waals surface area contributed by atoms with Gasteiger partial charge in [-0.15, -0.1) is 0 Å². The lowest BCUT2D eigenvalue weighted by molar-refractivity contribution is -0.134. The fourth-order valence-electron chi connectivity index (χ4n) is 4.73. The predicted molar refractivity (Wildman–Crippen MR) is 121 cm³/mol. The number of likely N-dealkylation sites (tertiary alicyclic amines) is 1. The molecule has 0 radical (unpaired) electrons. The Morgan fingerprint density at radius 2 is 1.70 bits per heavy atom. The van der Waals surface area contributed by atoms with E-state index in [1.54, 1.807) is 7.11 Å². The zero-order valence-corrected chi connectivity index (χ0v) is 18.0. The second-order valence-corrected chi connectivity index (χ2v) is 8.47. The molecule has 160 valence electrons. The maximum Gasteiger partial charge on any atom is 0.236 e. The first-order valence-electron chi connectivity index (χ1n) is 11.1. The SMILES string of the molecule is COc1ccccc1N1CCN(CC(=O)N2CCCC(Cc3ccccc3)C2)CC1. The lowest BCUT2D eigenvalue weighted by Crippen LogP contribution is -2.51. The molecule has 2 fully saturated rings. The predicted octanol–water partition coefficient (Wildman–Crippen LogP) is 3.30. The van der Waals surface area contributed by atoms with E-state index >= 15 is 0 Å². The maximum atomic E-state index is 13.0. The third kappa shape index (κ3) is 5.14. The van der Waals surface area contributed by atoms with Gasteiger partial charge in [-0.05, 0) is 42.9 Å². The fourth-order valence-corrected chi connectivity index (χ4v) is 4.73. The number of nitrogens with zero attached hydrogens (tertiary/aromatic N) is 3. The van der Waals surface area contributed by atoms with E-state index in [1.807, 2.05) is 12.1 Å². The van der Waals surface area contributed by atoms with E-state index in [9.17, 15) is 4.79 Å². The summed E-state index contributed by atoms with van der Waals surface area (Å²) in [4.78, 5) is 19.7. The number of ether oxygens (including phenoxy) is 1. The first kappa shape index (κ1) is 20.7. The summed E-state index contributed by atoms with van der Waals surface area (Å²) in [6.07, 6.45) is 3.41. The summed E-state index contributed by atoms with van der Waals surface area (Å²) >= 11 is 0. The number of amides is 1. The highest BCUT2D eigenvalue weighted by atomic mass is 16.5. The van der Waals surface area contributed by atoms with E-state index in [0.717, 1.165) is 63.5 Å². The van der Waals surface area contributed by atoms with Crippen LogP contribution in [0.2, 0.25) is 0 Å². The van der Waals surface area contributed by atoms with E-state index in [0.29, 0.717) is 18.4 Å². The molecule has 2 aliphatic heterocycles. The number of carbonyl (C=O) groups excluding carboxylic acids is 1. The Kier molecular flexibility index (Phi) is 6.90. The number of benzene rings is 2. The van der Waals surface area contributed by atoms with Gasteiger partial charge in [-0.2, -0.15) is 0 Å². The van der Waals surface area contributed by atoms with Crippen LogP contribution in [-0.4, -0.2) is 68.6 Å². The average molecular weight is 408 g/mol. The van der Waals surface area contributed by atoms with Crippen molar-refractivity contribution in [1.82, 2.24) is 9.80 Å². The van der Waals surface area contributed by atoms with E-state index in [4.69, 9.17) is 4.74 Å². The number of methoxy groups -OCH3 is 1. The molecule has 4 rings (SSSR count). The largest absolute Gasteiger partial charge is 0.495 e. The third-order valence-electron chi connectivity index (χ3n) is 6.40. The van der Waals surface area contributed by atoms with Crippen LogP contribution in [0.1, 0.15) is 18.4 Å². The van der Waals surface area contributed by atoms with Gasteiger partial charge in [0.25, 0.3) is 0 Å². The van der Waals surface area contributed by atoms with Gasteiger partial charge in [0.1, 0.15) is 5.75 Å². The van der Waals surface area contributed by atoms with Gasteiger partial charge in [-0.3, -0.25) is 9.69 Å². The van der Waals surface area contributed by atoms with Crippen molar-refractivity contribution >= 4 is 11.6 Å². The normalized spacial score (nSPS) is 20.2. The standard InChI is InChI=1S/C25H33N3O2/c1-30-24-12-6-5-11-23(24)27-16-14-26(15-17-27)20-25(29)28-13-7-10-22(19-28)18-21-8-3-2-4-9-21/h2-6,8-9,11-12,22H,7,10,13-20H2,1H3. The molecule has 1 amide bonds. The molecule has 1 atom stereocenters. The number of piperazine rings is 1. The molecule has 0 aromatic heterocycles. The minimum atomic E-state index is 0.290. The number of para-hydroxylation sites is 2. The second-order valence-electron chi connectivity index (χ2n) is 8.47. The molecule has 2 saturated heterocycles. The summed E-state index contributed by atoms with van der Waals surface area (Å²) in [7, 11) is 1.72. The van der Waals surface area contributed by atoms with Crippen molar-refractivity contribution in [1.29, 1.82) is 0 Å². The van der Waals surface area contributed by atoms with Crippen LogP contribution >= 0.6 is 0 Å². The van der Waals surface area contributed by atoms with Gasteiger partial charge in [0.15, 0.2) is 0 Å². The summed E-state index contributed by atoms with van der Waals surface area (Å²) < 4.78 is 5.51. The van der Waals surface area contributed by atoms with Crippen LogP contribution in [0, 0.1) is 5.92 Å². The smallest absolute Gasteiger partial charge is 0.236 e. The van der Waals surface area contributed by atoms with Crippen molar-refractivity contribution in [2.45, 2.75) is 19.3 Å². The molecule has 0 bridgehead atoms. The van der Waals surface area contributed by atoms with E-state index in [2.05, 4.69) is 57.2 Å². The monoisotopic (exact) mass is 407 g/mol. The second kappa shape index (κ2) is 9.98. The van der Waals surface area contributed by atoms with Gasteiger partial charge in [0.2, 0.25) is 5.91 Å². The number of carbonyl (C=O) groups is 1. The van der Waals surface area contributed by atoms with Gasteiger partial charge in [0.05, 0.1) is 19.3 Å². The van der Waals surface area contributed by atoms with Crippen molar-refractivity contribution in [3.8, 4) is 5.75 Å². The van der Waals surface area contributed by atoms with Gasteiger partial charge in [-0.1, -0.05) is 42.5 Å². The first-order chi connectivity index (χ1) is 14.7. The average Bonchev–Trinajstić information content (AvgIpc) is 2.80. The Balaban J connectivity index is 1.26. The summed E-state index contributed by atoms with van der Waals surface area (Å²) in [5, 5.41) is 0. The minimum absolute atomic E-state index is 0.290. The molecule has 0 saturated carbocycles. The van der Waals surface area contributed by atoms with E-state index in [1.165, 1.54) is 12.0 Å². The Hall–Kier alpha value is -2.53. The zero-order chi connectivity index (χ0) is 20.8. The van der Waals surface area contributed by atoms with Crippen molar-refractivity contribution in [2.24, 2.45) is 5.92 Å². The molecule has 5 heteroatoms. The highest BCUT2D eigenvalue weighted by molar-refractivity contribution is 5.78. The van der Waals surface area contributed by atoms with Crippen LogP contribution < -0.4 is 9.64 Å². The van der Waals surface area contributed by atoms with Crippen LogP contribution in [0.15, 0.2) is 54.6 Å². The lowest BCUT2D eigenvalue weighted by Gasteiger charge is -2.38. The van der Waals surface area contributed by atoms with Crippen molar-refractivity contribution in [3.05, 3.63) is 60.2 Å². The Morgan fingerprint density at radius 3 is 2.47 bits per heavy atom. The molecular weight excluding hydrogens is 374 g/mol. The van der Waals surface area contributed by atoms with Gasteiger partial charge >= 0.3 is 0 Å². The van der Waals surface area contributed by atoms with Crippen LogP contribution in [0.4, 0.5) is 5.69 Å². The maximum absolute atomic E-state index is 13.0. The number of hydrogen-bond donors (Lipinski definition) is 0. The molecule has 0 aliphatic carbocycles. The summed E-state index contributed by atoms with van der Waals surface area (Å²) in [5.41, 5.74) is 2.52. The van der Waals surface area contributed by atoms with Crippen molar-refractivity contribution < 1.29 is 9.53 Å². The summed E-state index contributed by atoms with van der Waals surface area (Å²) in [5.74, 6) is 1.78. The molecule has 1 unspecified atom stereocenters. The molecule has 2 aromatic rings. The Labute approximate surface area is 180 Å². The lowest BCUT2D eigenvalue weighted by atomic mass is 9.91. The summed E-state index contributed by atoms with van der Waals surface area (Å²) in [6, 6.07) is 18.8. The fraction of sp³-hybridized carbons (Fsp3) is 0.480. The molecule has 2 aromatic carbocycles. The van der Waals surface area contributed by atoms with Crippen LogP contribution in [-0.2, 0) is 11.2 Å². The van der Waals surface area contributed by atoms with Crippen molar-refractivity contribution in [3.63, 3.8) is 0 Å². The molecule has 2 aliphatic rings. The van der Waals surface area contributed by atoms with Crippen LogP contribution in [0.3, 0.4) is 0 Å². The molecule has 30 heavy (non-hydrogen) atoms. The topological polar surface area (TPSA) is 36.0 Å². The van der Waals surface area contributed by atoms with Crippen LogP contribution in [0.5, 0.6) is 5.75 Å². The quantitative estimate of drug-likeness (QED) is 0.736. The highest BCUT2D eigenvalue weighted by Gasteiger charge is 2.27. The van der Waals surface area contributed by atoms with Crippen LogP contribution in [0.25, 0.3) is 0 Å². The third-order valence-corrected chi connectivity index (χ3v) is 6.40. The first-order valence-corrected chi connectivity index (χ1v) is 11.1. The Morgan fingerprint density at radius 1 is 0.967 bits per heavy atom.